The minimum Gasteiger partial charge on any atom is -0.321 e. The Hall–Kier alpha value is -0.470. The van der Waals surface area contributed by atoms with E-state index in [0.29, 0.717) is 5.69 Å². The summed E-state index contributed by atoms with van der Waals surface area (Å²) in [5.41, 5.74) is 1.13. The molecule has 0 atom stereocenters. The van der Waals surface area contributed by atoms with Crippen LogP contribution in [-0.2, 0) is 0 Å². The van der Waals surface area contributed by atoms with Crippen LogP contribution in [0, 0.1) is 3.57 Å². The van der Waals surface area contributed by atoms with Gasteiger partial charge in [0, 0.05) is 24.4 Å². The predicted octanol–water partition coefficient (Wildman–Crippen LogP) is 4.46. The fourth-order valence-corrected chi connectivity index (χ4v) is 2.28. The van der Waals surface area contributed by atoms with Crippen molar-refractivity contribution in [3.8, 4) is 0 Å². The number of pyridine rings is 1. The number of halogens is 3. The lowest BCUT2D eigenvalue weighted by Crippen LogP contribution is -2.13. The van der Waals surface area contributed by atoms with Crippen LogP contribution in [0.25, 0.3) is 0 Å². The third-order valence-electron chi connectivity index (χ3n) is 2.14. The van der Waals surface area contributed by atoms with Gasteiger partial charge in [-0.2, -0.15) is 0 Å². The molecule has 18 heavy (non-hydrogen) atoms. The molecular formula is C12H7Br2IN2O. The van der Waals surface area contributed by atoms with Crippen LogP contribution in [0.3, 0.4) is 0 Å². The quantitative estimate of drug-likeness (QED) is 0.643. The van der Waals surface area contributed by atoms with E-state index in [2.05, 4.69) is 64.8 Å². The van der Waals surface area contributed by atoms with Crippen LogP contribution >= 0.6 is 54.5 Å². The van der Waals surface area contributed by atoms with Crippen molar-refractivity contribution >= 4 is 66.0 Å². The fourth-order valence-electron chi connectivity index (χ4n) is 1.28. The van der Waals surface area contributed by atoms with E-state index >= 15 is 0 Å². The van der Waals surface area contributed by atoms with E-state index in [1.54, 1.807) is 18.3 Å². The van der Waals surface area contributed by atoms with Crippen molar-refractivity contribution in [3.05, 3.63) is 54.7 Å². The molecule has 1 amide bonds. The molecule has 0 saturated carbocycles. The summed E-state index contributed by atoms with van der Waals surface area (Å²) in [4.78, 5) is 16.0. The number of rotatable bonds is 2. The molecule has 1 aromatic heterocycles. The molecule has 0 saturated heterocycles. The van der Waals surface area contributed by atoms with Crippen LogP contribution in [0.5, 0.6) is 0 Å². The SMILES string of the molecule is O=C(Nc1ccc(Br)c(I)c1)c1ccc(Br)cn1. The molecule has 1 aromatic carbocycles. The van der Waals surface area contributed by atoms with Gasteiger partial charge in [0.2, 0.25) is 0 Å². The highest BCUT2D eigenvalue weighted by Crippen LogP contribution is 2.22. The van der Waals surface area contributed by atoms with E-state index in [1.807, 2.05) is 18.2 Å². The monoisotopic (exact) mass is 480 g/mol. The van der Waals surface area contributed by atoms with Gasteiger partial charge in [-0.05, 0) is 84.8 Å². The third-order valence-corrected chi connectivity index (χ3v) is 4.93. The Balaban J connectivity index is 2.16. The van der Waals surface area contributed by atoms with Crippen LogP contribution in [0.4, 0.5) is 5.69 Å². The number of aromatic nitrogens is 1. The second kappa shape index (κ2) is 6.12. The lowest BCUT2D eigenvalue weighted by Gasteiger charge is -2.06. The number of carbonyl (C=O) groups excluding carboxylic acids is 1. The van der Waals surface area contributed by atoms with Crippen molar-refractivity contribution in [2.75, 3.05) is 5.32 Å². The molecule has 3 nitrogen and oxygen atoms in total. The number of hydrogen-bond donors (Lipinski definition) is 1. The van der Waals surface area contributed by atoms with E-state index < -0.39 is 0 Å². The first-order valence-corrected chi connectivity index (χ1v) is 7.61. The maximum absolute atomic E-state index is 11.9. The summed E-state index contributed by atoms with van der Waals surface area (Å²) in [6.07, 6.45) is 1.60. The van der Waals surface area contributed by atoms with Crippen molar-refractivity contribution in [2.45, 2.75) is 0 Å². The zero-order valence-corrected chi connectivity index (χ0v) is 14.3. The number of anilines is 1. The van der Waals surface area contributed by atoms with E-state index in [0.717, 1.165) is 18.2 Å². The standard InChI is InChI=1S/C12H7Br2IN2O/c13-7-1-4-11(16-6-7)12(18)17-8-2-3-9(14)10(15)5-8/h1-6H,(H,17,18). The Bertz CT molecular complexity index is 587. The number of carbonyl (C=O) groups is 1. The van der Waals surface area contributed by atoms with Gasteiger partial charge in [-0.25, -0.2) is 4.98 Å². The molecule has 2 rings (SSSR count). The molecule has 0 unspecified atom stereocenters. The molecule has 0 aliphatic rings. The first kappa shape index (κ1) is 14.0. The highest BCUT2D eigenvalue weighted by molar-refractivity contribution is 14.1. The highest BCUT2D eigenvalue weighted by atomic mass is 127. The van der Waals surface area contributed by atoms with Gasteiger partial charge in [-0.1, -0.05) is 0 Å². The van der Waals surface area contributed by atoms with Crippen molar-refractivity contribution in [2.24, 2.45) is 0 Å². The molecule has 0 radical (unpaired) electrons. The molecule has 1 N–H and O–H groups in total. The van der Waals surface area contributed by atoms with Gasteiger partial charge in [0.1, 0.15) is 5.69 Å². The van der Waals surface area contributed by atoms with Gasteiger partial charge in [0.25, 0.3) is 5.91 Å². The summed E-state index contributed by atoms with van der Waals surface area (Å²) in [7, 11) is 0. The second-order valence-corrected chi connectivity index (χ2v) is 6.38. The Morgan fingerprint density at radius 3 is 2.61 bits per heavy atom. The first-order valence-electron chi connectivity index (χ1n) is 4.94. The predicted molar refractivity (Wildman–Crippen MR) is 86.7 cm³/mol. The number of amides is 1. The van der Waals surface area contributed by atoms with Crippen molar-refractivity contribution < 1.29 is 4.79 Å². The second-order valence-electron chi connectivity index (χ2n) is 3.44. The molecule has 0 spiro atoms. The summed E-state index contributed by atoms with van der Waals surface area (Å²) in [6, 6.07) is 9.08. The number of nitrogens with zero attached hydrogens (tertiary/aromatic N) is 1. The van der Waals surface area contributed by atoms with Gasteiger partial charge >= 0.3 is 0 Å². The van der Waals surface area contributed by atoms with Crippen LogP contribution < -0.4 is 5.32 Å². The zero-order valence-electron chi connectivity index (χ0n) is 8.95. The molecule has 0 bridgehead atoms. The molecule has 0 fully saturated rings. The van der Waals surface area contributed by atoms with Crippen LogP contribution in [0.1, 0.15) is 10.5 Å². The number of benzene rings is 1. The fraction of sp³-hybridized carbons (Fsp3) is 0. The van der Waals surface area contributed by atoms with Gasteiger partial charge < -0.3 is 5.32 Å². The Kier molecular flexibility index (Phi) is 4.74. The van der Waals surface area contributed by atoms with Crippen molar-refractivity contribution in [1.82, 2.24) is 4.98 Å². The maximum Gasteiger partial charge on any atom is 0.274 e. The average Bonchev–Trinajstić information content (AvgIpc) is 2.34. The highest BCUT2D eigenvalue weighted by Gasteiger charge is 2.08. The molecule has 2 aromatic rings. The first-order chi connectivity index (χ1) is 8.56. The molecular weight excluding hydrogens is 475 g/mol. The zero-order chi connectivity index (χ0) is 13.1. The molecule has 0 aliphatic heterocycles. The van der Waals surface area contributed by atoms with Gasteiger partial charge in [-0.15, -0.1) is 0 Å². The minimum atomic E-state index is -0.222. The number of nitrogens with one attached hydrogen (secondary N) is 1. The normalized spacial score (nSPS) is 10.2. The van der Waals surface area contributed by atoms with Gasteiger partial charge in [0.05, 0.1) is 0 Å². The van der Waals surface area contributed by atoms with E-state index in [4.69, 9.17) is 0 Å². The van der Waals surface area contributed by atoms with E-state index in [-0.39, 0.29) is 5.91 Å². The molecule has 1 heterocycles. The minimum absolute atomic E-state index is 0.222. The maximum atomic E-state index is 11.9. The molecule has 92 valence electrons. The summed E-state index contributed by atoms with van der Waals surface area (Å²) >= 11 is 8.88. The van der Waals surface area contributed by atoms with Gasteiger partial charge in [-0.3, -0.25) is 4.79 Å². The Labute approximate surface area is 135 Å². The lowest BCUT2D eigenvalue weighted by molar-refractivity contribution is 0.102. The summed E-state index contributed by atoms with van der Waals surface area (Å²) in [5, 5.41) is 2.80. The Morgan fingerprint density at radius 2 is 2.00 bits per heavy atom. The molecule has 6 heteroatoms. The van der Waals surface area contributed by atoms with E-state index in [9.17, 15) is 4.79 Å². The molecule has 0 aliphatic carbocycles. The van der Waals surface area contributed by atoms with Gasteiger partial charge in [0.15, 0.2) is 0 Å². The smallest absolute Gasteiger partial charge is 0.274 e. The van der Waals surface area contributed by atoms with Crippen LogP contribution in [0.15, 0.2) is 45.5 Å². The van der Waals surface area contributed by atoms with Crippen LogP contribution in [-0.4, -0.2) is 10.9 Å². The summed E-state index contributed by atoms with van der Waals surface area (Å²) in [5.74, 6) is -0.222. The third kappa shape index (κ3) is 3.52. The summed E-state index contributed by atoms with van der Waals surface area (Å²) in [6.45, 7) is 0. The largest absolute Gasteiger partial charge is 0.321 e. The summed E-state index contributed by atoms with van der Waals surface area (Å²) < 4.78 is 2.88. The van der Waals surface area contributed by atoms with Crippen molar-refractivity contribution in [3.63, 3.8) is 0 Å². The lowest BCUT2D eigenvalue weighted by atomic mass is 10.3. The Morgan fingerprint density at radius 1 is 1.22 bits per heavy atom. The topological polar surface area (TPSA) is 42.0 Å². The average molecular weight is 482 g/mol. The van der Waals surface area contributed by atoms with E-state index in [1.165, 1.54) is 0 Å². The van der Waals surface area contributed by atoms with Crippen molar-refractivity contribution in [1.29, 1.82) is 0 Å². The number of hydrogen-bond acceptors (Lipinski definition) is 2. The van der Waals surface area contributed by atoms with Crippen LogP contribution in [0.2, 0.25) is 0 Å².